The number of alkyl halides is 6. The molecule has 1 spiro atoms. The number of carbonyl (C=O) groups excluding carboxylic acids is 1. The summed E-state index contributed by atoms with van der Waals surface area (Å²) in [5.74, 6) is -9.94. The fraction of sp³-hybridized carbons (Fsp3) is 0.600. The minimum Gasteiger partial charge on any atom is -0.384 e. The molecule has 1 aromatic heterocycles. The minimum atomic E-state index is -3.88. The summed E-state index contributed by atoms with van der Waals surface area (Å²) in [6, 6.07) is 0.826. The largest absolute Gasteiger partial charge is 0.384 e. The van der Waals surface area contributed by atoms with Gasteiger partial charge in [-0.15, -0.1) is 0 Å². The van der Waals surface area contributed by atoms with Gasteiger partial charge >= 0.3 is 0 Å². The second-order valence-electron chi connectivity index (χ2n) is 6.59. The van der Waals surface area contributed by atoms with Gasteiger partial charge in [0.2, 0.25) is 0 Å². The molecule has 1 saturated carbocycles. The number of amides is 1. The summed E-state index contributed by atoms with van der Waals surface area (Å²) in [4.78, 5) is 16.1. The van der Waals surface area contributed by atoms with Crippen LogP contribution in [0.25, 0.3) is 0 Å². The van der Waals surface area contributed by atoms with E-state index in [4.69, 9.17) is 0 Å². The third-order valence-electron chi connectivity index (χ3n) is 4.80. The van der Waals surface area contributed by atoms with Crippen molar-refractivity contribution in [2.75, 3.05) is 6.54 Å². The van der Waals surface area contributed by atoms with Crippen LogP contribution in [-0.2, 0) is 0 Å². The van der Waals surface area contributed by atoms with E-state index >= 15 is 0 Å². The smallest absolute Gasteiger partial charge is 0.292 e. The molecule has 1 N–H and O–H groups in total. The Morgan fingerprint density at radius 1 is 1.23 bits per heavy atom. The lowest BCUT2D eigenvalue weighted by molar-refractivity contribution is -0.102. The Morgan fingerprint density at radius 2 is 1.88 bits per heavy atom. The van der Waals surface area contributed by atoms with Crippen molar-refractivity contribution < 1.29 is 40.6 Å². The third-order valence-corrected chi connectivity index (χ3v) is 4.80. The van der Waals surface area contributed by atoms with E-state index in [0.29, 0.717) is 17.0 Å². The fourth-order valence-electron chi connectivity index (χ4n) is 3.63. The Hall–Kier alpha value is -1.91. The molecular formula is C15H13F7N2O2. The van der Waals surface area contributed by atoms with E-state index in [1.165, 1.54) is 0 Å². The average molecular weight is 386 g/mol. The van der Waals surface area contributed by atoms with Crippen molar-refractivity contribution in [3.63, 3.8) is 0 Å². The molecule has 4 nitrogen and oxygen atoms in total. The average Bonchev–Trinajstić information content (AvgIpc) is 2.95. The fourth-order valence-corrected chi connectivity index (χ4v) is 3.63. The van der Waals surface area contributed by atoms with Crippen LogP contribution in [0.5, 0.6) is 0 Å². The van der Waals surface area contributed by atoms with E-state index in [0.717, 1.165) is 0 Å². The Balaban J connectivity index is 2.03. The first-order valence-electron chi connectivity index (χ1n) is 7.59. The zero-order chi connectivity index (χ0) is 19.5. The summed E-state index contributed by atoms with van der Waals surface area (Å²) in [5.41, 5.74) is -4.28. The van der Waals surface area contributed by atoms with Crippen LogP contribution in [0.1, 0.15) is 41.9 Å². The lowest BCUT2D eigenvalue weighted by Crippen LogP contribution is -2.53. The molecule has 1 saturated heterocycles. The lowest BCUT2D eigenvalue weighted by Gasteiger charge is -2.36. The predicted molar refractivity (Wildman–Crippen MR) is 72.7 cm³/mol. The maximum absolute atomic E-state index is 14.0. The van der Waals surface area contributed by atoms with Crippen LogP contribution in [-0.4, -0.2) is 50.9 Å². The van der Waals surface area contributed by atoms with Gasteiger partial charge in [0.25, 0.3) is 24.2 Å². The first-order chi connectivity index (χ1) is 11.9. The molecule has 144 valence electrons. The van der Waals surface area contributed by atoms with Crippen LogP contribution in [0.4, 0.5) is 30.7 Å². The molecule has 1 aliphatic carbocycles. The van der Waals surface area contributed by atoms with Crippen molar-refractivity contribution >= 4 is 5.91 Å². The second kappa shape index (κ2) is 5.80. The molecule has 0 aromatic carbocycles. The second-order valence-corrected chi connectivity index (χ2v) is 6.59. The van der Waals surface area contributed by atoms with Crippen molar-refractivity contribution in [3.05, 3.63) is 29.3 Å². The van der Waals surface area contributed by atoms with E-state index in [1.807, 2.05) is 0 Å². The number of aliphatic hydroxyl groups excluding tert-OH is 1. The maximum atomic E-state index is 14.0. The predicted octanol–water partition coefficient (Wildman–Crippen LogP) is 3.17. The number of hydrogen-bond donors (Lipinski definition) is 1. The summed E-state index contributed by atoms with van der Waals surface area (Å²) in [6.07, 6.45) is -8.44. The molecule has 0 radical (unpaired) electrons. The van der Waals surface area contributed by atoms with Crippen molar-refractivity contribution in [2.45, 2.75) is 49.2 Å². The van der Waals surface area contributed by atoms with Gasteiger partial charge in [0.15, 0.2) is 0 Å². The zero-order valence-electron chi connectivity index (χ0n) is 13.0. The molecule has 3 rings (SSSR count). The van der Waals surface area contributed by atoms with Crippen molar-refractivity contribution in [3.8, 4) is 0 Å². The first kappa shape index (κ1) is 18.9. The zero-order valence-corrected chi connectivity index (χ0v) is 13.0. The highest BCUT2D eigenvalue weighted by molar-refractivity contribution is 5.93. The van der Waals surface area contributed by atoms with E-state index in [9.17, 15) is 40.6 Å². The highest BCUT2D eigenvalue weighted by atomic mass is 19.3. The number of hydrogen-bond acceptors (Lipinski definition) is 3. The molecule has 2 aliphatic rings. The van der Waals surface area contributed by atoms with E-state index in [1.54, 1.807) is 0 Å². The van der Waals surface area contributed by atoms with Crippen LogP contribution < -0.4 is 0 Å². The Kier molecular flexibility index (Phi) is 4.21. The molecule has 1 aromatic rings. The van der Waals surface area contributed by atoms with E-state index in [-0.39, 0.29) is 0 Å². The van der Waals surface area contributed by atoms with Gasteiger partial charge < -0.3 is 10.0 Å². The highest BCUT2D eigenvalue weighted by Crippen LogP contribution is 2.54. The first-order valence-corrected chi connectivity index (χ1v) is 7.59. The van der Waals surface area contributed by atoms with Crippen LogP contribution in [0.15, 0.2) is 12.1 Å². The van der Waals surface area contributed by atoms with Crippen molar-refractivity contribution in [1.82, 2.24) is 9.88 Å². The number of pyridine rings is 1. The molecule has 0 unspecified atom stereocenters. The van der Waals surface area contributed by atoms with Gasteiger partial charge in [-0.1, -0.05) is 0 Å². The monoisotopic (exact) mass is 386 g/mol. The van der Waals surface area contributed by atoms with Gasteiger partial charge in [0, 0.05) is 25.0 Å². The van der Waals surface area contributed by atoms with Crippen molar-refractivity contribution in [2.24, 2.45) is 0 Å². The normalized spacial score (nSPS) is 29.7. The summed E-state index contributed by atoms with van der Waals surface area (Å²) in [5, 5.41) is 9.91. The Labute approximate surface area is 142 Å². The molecule has 2 atom stereocenters. The standard InChI is InChI=1S/C15H13F7N2O2/c16-7-3-8(10(17)18)23-9(4-7)11(25)24-6-15(21,22)12(26)13(24)1-2-14(19,20)5-13/h3-4,10,12,26H,1-2,5-6H2/t12-,13+/m1/s1. The summed E-state index contributed by atoms with van der Waals surface area (Å²) in [6.45, 7) is -1.40. The summed E-state index contributed by atoms with van der Waals surface area (Å²) < 4.78 is 94.3. The molecule has 0 bridgehead atoms. The van der Waals surface area contributed by atoms with Gasteiger partial charge in [0.05, 0.1) is 12.1 Å². The Bertz CT molecular complexity index is 743. The van der Waals surface area contributed by atoms with Gasteiger partial charge in [0.1, 0.15) is 23.3 Å². The number of likely N-dealkylation sites (tertiary alicyclic amines) is 1. The van der Waals surface area contributed by atoms with Crippen LogP contribution >= 0.6 is 0 Å². The number of aromatic nitrogens is 1. The topological polar surface area (TPSA) is 53.4 Å². The molecule has 2 heterocycles. The van der Waals surface area contributed by atoms with Crippen LogP contribution in [0.2, 0.25) is 0 Å². The van der Waals surface area contributed by atoms with Gasteiger partial charge in [-0.3, -0.25) is 4.79 Å². The quantitative estimate of drug-likeness (QED) is 0.795. The molecular weight excluding hydrogens is 373 g/mol. The molecule has 1 amide bonds. The van der Waals surface area contributed by atoms with Gasteiger partial charge in [-0.2, -0.15) is 0 Å². The summed E-state index contributed by atoms with van der Waals surface area (Å²) >= 11 is 0. The van der Waals surface area contributed by atoms with Crippen molar-refractivity contribution in [1.29, 1.82) is 0 Å². The number of rotatable bonds is 2. The number of aliphatic hydroxyl groups is 1. The van der Waals surface area contributed by atoms with E-state index in [2.05, 4.69) is 4.98 Å². The number of carbonyl (C=O) groups is 1. The molecule has 2 fully saturated rings. The third kappa shape index (κ3) is 2.91. The summed E-state index contributed by atoms with van der Waals surface area (Å²) in [7, 11) is 0. The molecule has 26 heavy (non-hydrogen) atoms. The SMILES string of the molecule is O=C(c1cc(F)cc(C(F)F)n1)N1CC(F)(F)[C@H](O)[C@@]12CCC(F)(F)C2. The van der Waals surface area contributed by atoms with Gasteiger partial charge in [-0.05, 0) is 6.42 Å². The Morgan fingerprint density at radius 3 is 2.42 bits per heavy atom. The van der Waals surface area contributed by atoms with Crippen LogP contribution in [0.3, 0.4) is 0 Å². The number of nitrogens with zero attached hydrogens (tertiary/aromatic N) is 2. The highest BCUT2D eigenvalue weighted by Gasteiger charge is 2.69. The molecule has 1 aliphatic heterocycles. The molecule has 11 heteroatoms. The minimum absolute atomic E-state index is 0.315. The number of halogens is 7. The van der Waals surface area contributed by atoms with Gasteiger partial charge in [-0.25, -0.2) is 35.7 Å². The maximum Gasteiger partial charge on any atom is 0.292 e. The van der Waals surface area contributed by atoms with E-state index < -0.39 is 78.8 Å². The lowest BCUT2D eigenvalue weighted by atomic mass is 9.89. The van der Waals surface area contributed by atoms with Crippen LogP contribution in [0, 0.1) is 5.82 Å².